The third-order valence-electron chi connectivity index (χ3n) is 7.72. The molecule has 1 aliphatic carbocycles. The number of hydrogen-bond donors (Lipinski definition) is 1. The Morgan fingerprint density at radius 2 is 1.70 bits per heavy atom. The average molecular weight is 629 g/mol. The monoisotopic (exact) mass is 628 g/mol. The first-order valence-electron chi connectivity index (χ1n) is 14.6. The molecule has 2 fully saturated rings. The van der Waals surface area contributed by atoms with Crippen molar-refractivity contribution >= 4 is 5.97 Å². The highest BCUT2D eigenvalue weighted by Crippen LogP contribution is 2.47. The Morgan fingerprint density at radius 1 is 1.00 bits per heavy atom. The number of carbonyl (C=O) groups excluding carboxylic acids is 1. The van der Waals surface area contributed by atoms with Crippen LogP contribution in [0.4, 0.5) is 8.78 Å². The number of nitriles is 1. The van der Waals surface area contributed by atoms with Gasteiger partial charge in [-0.15, -0.1) is 0 Å². The SMILES string of the molecule is COC(=O)C1(Oc2c(F)c(Oc3cc(C#N)ccc3OCc3ccccc3)nc(Oc3ccccc3C3NCCN3C)c2F)CC1. The van der Waals surface area contributed by atoms with Crippen molar-refractivity contribution in [1.82, 2.24) is 15.2 Å². The smallest absolute Gasteiger partial charge is 0.350 e. The third kappa shape index (κ3) is 6.28. The molecule has 4 aromatic rings. The Kier molecular flexibility index (Phi) is 8.70. The standard InChI is InChI=1S/C34H30F2N4O6/c1-40-17-16-38-30(40)23-10-6-7-11-24(23)44-31-27(35)29(46-34(14-15-34)33(41)42-2)28(36)32(39-31)45-26-18-22(19-37)12-13-25(26)43-20-21-8-4-3-5-9-21/h3-13,18,30,38H,14-17,20H2,1-2H3. The Hall–Kier alpha value is -5.25. The Bertz CT molecular complexity index is 1790. The van der Waals surface area contributed by atoms with Gasteiger partial charge in [-0.1, -0.05) is 48.5 Å². The number of hydrogen-bond acceptors (Lipinski definition) is 10. The van der Waals surface area contributed by atoms with Crippen LogP contribution in [0.2, 0.25) is 0 Å². The highest BCUT2D eigenvalue weighted by Gasteiger charge is 2.55. The molecule has 236 valence electrons. The second kappa shape index (κ2) is 13.0. The molecule has 0 amide bonds. The first kappa shape index (κ1) is 30.8. The first-order chi connectivity index (χ1) is 22.3. The van der Waals surface area contributed by atoms with E-state index in [4.69, 9.17) is 23.7 Å². The van der Waals surface area contributed by atoms with Gasteiger partial charge in [0.15, 0.2) is 11.5 Å². The van der Waals surface area contributed by atoms with Crippen LogP contribution in [0, 0.1) is 23.0 Å². The van der Waals surface area contributed by atoms with E-state index in [-0.39, 0.29) is 48.4 Å². The van der Waals surface area contributed by atoms with Gasteiger partial charge < -0.3 is 23.7 Å². The maximum atomic E-state index is 16.1. The van der Waals surface area contributed by atoms with Gasteiger partial charge in [-0.05, 0) is 30.8 Å². The summed E-state index contributed by atoms with van der Waals surface area (Å²) in [5, 5.41) is 12.9. The average Bonchev–Trinajstić information content (AvgIpc) is 3.75. The number of likely N-dealkylation sites (N-methyl/N-ethyl adjacent to an activating group) is 1. The Balaban J connectivity index is 1.40. The fourth-order valence-electron chi connectivity index (χ4n) is 5.08. The normalized spacial score (nSPS) is 16.7. The molecular weight excluding hydrogens is 598 g/mol. The molecule has 12 heteroatoms. The summed E-state index contributed by atoms with van der Waals surface area (Å²) in [6, 6.07) is 22.7. The van der Waals surface area contributed by atoms with Crippen molar-refractivity contribution in [3.63, 3.8) is 0 Å². The molecule has 0 spiro atoms. The molecule has 3 aromatic carbocycles. The molecule has 1 N–H and O–H groups in total. The highest BCUT2D eigenvalue weighted by atomic mass is 19.1. The Labute approximate surface area is 264 Å². The molecule has 1 saturated heterocycles. The molecule has 10 nitrogen and oxygen atoms in total. The van der Waals surface area contributed by atoms with Gasteiger partial charge in [0.25, 0.3) is 11.8 Å². The zero-order valence-electron chi connectivity index (χ0n) is 25.1. The van der Waals surface area contributed by atoms with Crippen molar-refractivity contribution in [2.45, 2.75) is 31.2 Å². The van der Waals surface area contributed by atoms with Crippen molar-refractivity contribution in [1.29, 1.82) is 5.26 Å². The fourth-order valence-corrected chi connectivity index (χ4v) is 5.08. The maximum Gasteiger partial charge on any atom is 0.350 e. The number of aromatic nitrogens is 1. The van der Waals surface area contributed by atoms with Crippen LogP contribution in [0.1, 0.15) is 35.7 Å². The van der Waals surface area contributed by atoms with Gasteiger partial charge in [0, 0.05) is 37.6 Å². The van der Waals surface area contributed by atoms with Crippen molar-refractivity contribution in [2.75, 3.05) is 27.2 Å². The van der Waals surface area contributed by atoms with Gasteiger partial charge in [-0.3, -0.25) is 10.2 Å². The molecular formula is C34H30F2N4O6. The van der Waals surface area contributed by atoms with E-state index in [9.17, 15) is 10.1 Å². The number of nitrogens with zero attached hydrogens (tertiary/aromatic N) is 3. The van der Waals surface area contributed by atoms with Gasteiger partial charge in [0.1, 0.15) is 12.4 Å². The fraction of sp³-hybridized carbons (Fsp3) is 0.265. The number of ether oxygens (including phenoxy) is 5. The zero-order valence-corrected chi connectivity index (χ0v) is 25.1. The van der Waals surface area contributed by atoms with E-state index in [2.05, 4.69) is 15.2 Å². The molecule has 1 atom stereocenters. The zero-order chi connectivity index (χ0) is 32.3. The summed E-state index contributed by atoms with van der Waals surface area (Å²) in [5.74, 6) is -5.27. The third-order valence-corrected chi connectivity index (χ3v) is 7.72. The summed E-state index contributed by atoms with van der Waals surface area (Å²) in [4.78, 5) is 18.6. The van der Waals surface area contributed by atoms with E-state index in [1.807, 2.05) is 55.6 Å². The summed E-state index contributed by atoms with van der Waals surface area (Å²) in [6.45, 7) is 1.66. The number of benzene rings is 3. The van der Waals surface area contributed by atoms with E-state index < -0.39 is 40.7 Å². The van der Waals surface area contributed by atoms with Gasteiger partial charge >= 0.3 is 5.97 Å². The lowest BCUT2D eigenvalue weighted by atomic mass is 10.1. The van der Waals surface area contributed by atoms with Crippen LogP contribution in [0.15, 0.2) is 72.8 Å². The van der Waals surface area contributed by atoms with Crippen LogP contribution in [-0.4, -0.2) is 48.7 Å². The first-order valence-corrected chi connectivity index (χ1v) is 14.6. The number of esters is 1. The molecule has 6 rings (SSSR count). The molecule has 2 heterocycles. The van der Waals surface area contributed by atoms with Crippen LogP contribution < -0.4 is 24.3 Å². The maximum absolute atomic E-state index is 16.1. The number of carbonyl (C=O) groups is 1. The number of rotatable bonds is 11. The number of pyridine rings is 1. The van der Waals surface area contributed by atoms with Crippen molar-refractivity contribution < 1.29 is 37.3 Å². The molecule has 2 aliphatic rings. The predicted octanol–water partition coefficient (Wildman–Crippen LogP) is 6.01. The molecule has 0 bridgehead atoms. The van der Waals surface area contributed by atoms with E-state index in [0.29, 0.717) is 5.56 Å². The van der Waals surface area contributed by atoms with Crippen molar-refractivity contribution in [3.8, 4) is 40.8 Å². The van der Waals surface area contributed by atoms with E-state index in [1.54, 1.807) is 12.1 Å². The lowest BCUT2D eigenvalue weighted by Gasteiger charge is -2.23. The number of methoxy groups -OCH3 is 1. The van der Waals surface area contributed by atoms with Crippen LogP contribution in [0.3, 0.4) is 0 Å². The van der Waals surface area contributed by atoms with Gasteiger partial charge in [0.05, 0.1) is 24.9 Å². The minimum absolute atomic E-state index is 0.0591. The molecule has 46 heavy (non-hydrogen) atoms. The van der Waals surface area contributed by atoms with E-state index in [0.717, 1.165) is 25.8 Å². The summed E-state index contributed by atoms with van der Waals surface area (Å²) in [6.07, 6.45) is 0.160. The minimum atomic E-state index is -1.56. The predicted molar refractivity (Wildman–Crippen MR) is 161 cm³/mol. The number of halogens is 2. The van der Waals surface area contributed by atoms with Crippen molar-refractivity contribution in [3.05, 3.63) is 101 Å². The van der Waals surface area contributed by atoms with E-state index >= 15 is 8.78 Å². The van der Waals surface area contributed by atoms with Gasteiger partial charge in [0.2, 0.25) is 23.0 Å². The summed E-state index contributed by atoms with van der Waals surface area (Å²) >= 11 is 0. The lowest BCUT2D eigenvalue weighted by Crippen LogP contribution is -2.31. The molecule has 0 radical (unpaired) electrons. The van der Waals surface area contributed by atoms with Crippen LogP contribution in [0.5, 0.6) is 34.8 Å². The summed E-state index contributed by atoms with van der Waals surface area (Å²) in [5.41, 5.74) is 0.186. The van der Waals surface area contributed by atoms with Crippen LogP contribution in [-0.2, 0) is 16.1 Å². The topological polar surface area (TPSA) is 115 Å². The second-order valence-electron chi connectivity index (χ2n) is 10.9. The lowest BCUT2D eigenvalue weighted by molar-refractivity contribution is -0.151. The quantitative estimate of drug-likeness (QED) is 0.198. The van der Waals surface area contributed by atoms with Gasteiger partial charge in [-0.25, -0.2) is 4.79 Å². The number of para-hydroxylation sites is 1. The summed E-state index contributed by atoms with van der Waals surface area (Å²) < 4.78 is 60.6. The molecule has 1 saturated carbocycles. The molecule has 1 aliphatic heterocycles. The van der Waals surface area contributed by atoms with E-state index in [1.165, 1.54) is 18.2 Å². The van der Waals surface area contributed by atoms with Crippen LogP contribution in [0.25, 0.3) is 0 Å². The number of nitrogens with one attached hydrogen (secondary N) is 1. The second-order valence-corrected chi connectivity index (χ2v) is 10.9. The van der Waals surface area contributed by atoms with Crippen molar-refractivity contribution in [2.24, 2.45) is 0 Å². The largest absolute Gasteiger partial charge is 0.485 e. The molecule has 1 aromatic heterocycles. The minimum Gasteiger partial charge on any atom is -0.485 e. The van der Waals surface area contributed by atoms with Gasteiger partial charge in [-0.2, -0.15) is 19.0 Å². The highest BCUT2D eigenvalue weighted by molar-refractivity contribution is 5.83. The molecule has 1 unspecified atom stereocenters. The van der Waals surface area contributed by atoms with Crippen LogP contribution >= 0.6 is 0 Å². The Morgan fingerprint density at radius 3 is 2.35 bits per heavy atom. The summed E-state index contributed by atoms with van der Waals surface area (Å²) in [7, 11) is 3.10.